The number of aromatic hydroxyl groups is 1. The summed E-state index contributed by atoms with van der Waals surface area (Å²) in [5.74, 6) is -0.480. The van der Waals surface area contributed by atoms with Crippen LogP contribution >= 0.6 is 0 Å². The van der Waals surface area contributed by atoms with E-state index in [0.717, 1.165) is 23.7 Å². The summed E-state index contributed by atoms with van der Waals surface area (Å²) in [5.41, 5.74) is 1.13. The predicted octanol–water partition coefficient (Wildman–Crippen LogP) is 3.58. The Kier molecular flexibility index (Phi) is 5.41. The molecule has 2 heterocycles. The van der Waals surface area contributed by atoms with Gasteiger partial charge in [0.25, 0.3) is 5.91 Å². The minimum absolute atomic E-state index is 0.000329. The first-order valence-corrected chi connectivity index (χ1v) is 10.7. The average molecular weight is 377 g/mol. The van der Waals surface area contributed by atoms with E-state index >= 15 is 0 Å². The highest BCUT2D eigenvalue weighted by atomic mass is 32.2. The second kappa shape index (κ2) is 7.57. The molecule has 140 valence electrons. The van der Waals surface area contributed by atoms with Gasteiger partial charge in [-0.15, -0.1) is 10.2 Å². The highest BCUT2D eigenvalue weighted by Gasteiger charge is 2.29. The molecule has 1 N–H and O–H groups in total. The summed E-state index contributed by atoms with van der Waals surface area (Å²) in [4.78, 5) is 12.1. The highest BCUT2D eigenvalue weighted by molar-refractivity contribution is 7.91. The molecule has 7 nitrogen and oxygen atoms in total. The maximum absolute atomic E-state index is 12.1. The lowest BCUT2D eigenvalue weighted by molar-refractivity contribution is -0.119. The Morgan fingerprint density at radius 3 is 2.81 bits per heavy atom. The monoisotopic (exact) mass is 377 g/mol. The van der Waals surface area contributed by atoms with E-state index in [9.17, 15) is 18.3 Å². The molecule has 26 heavy (non-hydrogen) atoms. The standard InChI is InChI=1S/C18H23N3O4S/c1-2-3-9-21-15-7-5-4-6-14(15)17(18(21)23)20-19-16(22)11-13-8-10-26(24,25)12-13/h4-7,13,23H,2-3,8-12H2,1H3/t13-/m0/s1. The molecule has 3 rings (SSSR count). The highest BCUT2D eigenvalue weighted by Crippen LogP contribution is 2.39. The van der Waals surface area contributed by atoms with Crippen molar-refractivity contribution in [3.05, 3.63) is 24.3 Å². The van der Waals surface area contributed by atoms with E-state index in [1.54, 1.807) is 4.57 Å². The van der Waals surface area contributed by atoms with Crippen LogP contribution in [0.3, 0.4) is 0 Å². The second-order valence-electron chi connectivity index (χ2n) is 6.76. The average Bonchev–Trinajstić information content (AvgIpc) is 3.07. The number of benzene rings is 1. The number of nitrogens with zero attached hydrogens (tertiary/aromatic N) is 3. The maximum Gasteiger partial charge on any atom is 0.265 e. The van der Waals surface area contributed by atoms with Crippen molar-refractivity contribution in [2.24, 2.45) is 16.1 Å². The van der Waals surface area contributed by atoms with Gasteiger partial charge in [0.2, 0.25) is 5.88 Å². The molecule has 0 spiro atoms. The van der Waals surface area contributed by atoms with Gasteiger partial charge in [-0.2, -0.15) is 0 Å². The molecule has 8 heteroatoms. The number of fused-ring (bicyclic) bond motifs is 1. The van der Waals surface area contributed by atoms with Gasteiger partial charge in [0.15, 0.2) is 15.5 Å². The summed E-state index contributed by atoms with van der Waals surface area (Å²) in [6.07, 6.45) is 2.46. The first-order chi connectivity index (χ1) is 12.4. The van der Waals surface area contributed by atoms with E-state index in [2.05, 4.69) is 17.2 Å². The maximum atomic E-state index is 12.1. The Bertz CT molecular complexity index is 947. The Morgan fingerprint density at radius 2 is 2.12 bits per heavy atom. The largest absolute Gasteiger partial charge is 0.493 e. The number of aryl methyl sites for hydroxylation is 1. The number of carbonyl (C=O) groups excluding carboxylic acids is 1. The van der Waals surface area contributed by atoms with Gasteiger partial charge in [-0.25, -0.2) is 8.42 Å². The predicted molar refractivity (Wildman–Crippen MR) is 99.4 cm³/mol. The molecule has 0 aliphatic carbocycles. The third-order valence-electron chi connectivity index (χ3n) is 4.70. The fraction of sp³-hybridized carbons (Fsp3) is 0.500. The minimum Gasteiger partial charge on any atom is -0.493 e. The molecule has 1 aromatic carbocycles. The lowest BCUT2D eigenvalue weighted by Gasteiger charge is -2.05. The topological polar surface area (TPSA) is 101 Å². The van der Waals surface area contributed by atoms with Crippen molar-refractivity contribution < 1.29 is 18.3 Å². The molecule has 1 saturated heterocycles. The van der Waals surface area contributed by atoms with Gasteiger partial charge in [-0.3, -0.25) is 4.79 Å². The molecule has 2 aromatic rings. The van der Waals surface area contributed by atoms with Crippen LogP contribution < -0.4 is 0 Å². The van der Waals surface area contributed by atoms with Crippen molar-refractivity contribution >= 4 is 32.3 Å². The summed E-state index contributed by atoms with van der Waals surface area (Å²) >= 11 is 0. The molecule has 0 saturated carbocycles. The van der Waals surface area contributed by atoms with Gasteiger partial charge in [0.05, 0.1) is 17.0 Å². The number of carbonyl (C=O) groups is 1. The molecule has 1 atom stereocenters. The molecule has 1 fully saturated rings. The van der Waals surface area contributed by atoms with Crippen molar-refractivity contribution in [1.29, 1.82) is 0 Å². The molecular formula is C18H23N3O4S. The van der Waals surface area contributed by atoms with Crippen LogP contribution in [0.2, 0.25) is 0 Å². The zero-order valence-corrected chi connectivity index (χ0v) is 15.6. The van der Waals surface area contributed by atoms with Gasteiger partial charge < -0.3 is 9.67 Å². The lowest BCUT2D eigenvalue weighted by Crippen LogP contribution is -2.08. The van der Waals surface area contributed by atoms with Crippen LogP contribution in [0.25, 0.3) is 10.9 Å². The number of hydrogen-bond donors (Lipinski definition) is 1. The fourth-order valence-corrected chi connectivity index (χ4v) is 5.20. The minimum atomic E-state index is -3.02. The van der Waals surface area contributed by atoms with Crippen LogP contribution in [-0.4, -0.2) is 35.5 Å². The molecule has 0 radical (unpaired) electrons. The second-order valence-corrected chi connectivity index (χ2v) is 8.99. The fourth-order valence-electron chi connectivity index (χ4n) is 3.34. The van der Waals surface area contributed by atoms with Crippen molar-refractivity contribution in [3.63, 3.8) is 0 Å². The summed E-state index contributed by atoms with van der Waals surface area (Å²) < 4.78 is 24.7. The van der Waals surface area contributed by atoms with Crippen LogP contribution in [0.4, 0.5) is 5.69 Å². The SMILES string of the molecule is CCCCn1c(O)c(N=NC(=O)C[C@@H]2CCS(=O)(=O)C2)c2ccccc21. The zero-order chi connectivity index (χ0) is 18.7. The van der Waals surface area contributed by atoms with Crippen LogP contribution in [0.5, 0.6) is 5.88 Å². The number of rotatable bonds is 6. The Balaban J connectivity index is 1.80. The van der Waals surface area contributed by atoms with E-state index in [1.807, 2.05) is 24.3 Å². The Hall–Kier alpha value is -2.22. The smallest absolute Gasteiger partial charge is 0.265 e. The number of amides is 1. The quantitative estimate of drug-likeness (QED) is 0.777. The van der Waals surface area contributed by atoms with Crippen molar-refractivity contribution in [2.75, 3.05) is 11.5 Å². The van der Waals surface area contributed by atoms with E-state index in [-0.39, 0.29) is 35.4 Å². The molecular weight excluding hydrogens is 354 g/mol. The van der Waals surface area contributed by atoms with Gasteiger partial charge >= 0.3 is 0 Å². The lowest BCUT2D eigenvalue weighted by atomic mass is 10.1. The number of azo groups is 1. The third-order valence-corrected chi connectivity index (χ3v) is 6.54. The zero-order valence-electron chi connectivity index (χ0n) is 14.8. The van der Waals surface area contributed by atoms with Crippen LogP contribution in [-0.2, 0) is 21.2 Å². The molecule has 0 bridgehead atoms. The van der Waals surface area contributed by atoms with Gasteiger partial charge in [-0.05, 0) is 24.8 Å². The summed E-state index contributed by atoms with van der Waals surface area (Å²) in [6, 6.07) is 7.46. The van der Waals surface area contributed by atoms with Gasteiger partial charge in [0.1, 0.15) is 0 Å². The number of unbranched alkanes of at least 4 members (excludes halogenated alkanes) is 1. The van der Waals surface area contributed by atoms with E-state index in [1.165, 1.54) is 0 Å². The number of sulfone groups is 1. The Labute approximate surface area is 152 Å². The van der Waals surface area contributed by atoms with E-state index in [0.29, 0.717) is 13.0 Å². The molecule has 1 amide bonds. The van der Waals surface area contributed by atoms with Crippen molar-refractivity contribution in [1.82, 2.24) is 4.57 Å². The first kappa shape index (κ1) is 18.6. The van der Waals surface area contributed by atoms with E-state index < -0.39 is 15.7 Å². The van der Waals surface area contributed by atoms with Gasteiger partial charge in [-0.1, -0.05) is 31.5 Å². The number of hydrogen-bond acceptors (Lipinski definition) is 5. The van der Waals surface area contributed by atoms with E-state index in [4.69, 9.17) is 0 Å². The number of aromatic nitrogens is 1. The molecule has 1 aromatic heterocycles. The van der Waals surface area contributed by atoms with Crippen LogP contribution in [0.1, 0.15) is 32.6 Å². The Morgan fingerprint density at radius 1 is 1.35 bits per heavy atom. The van der Waals surface area contributed by atoms with Crippen LogP contribution in [0.15, 0.2) is 34.5 Å². The summed E-state index contributed by atoms with van der Waals surface area (Å²) in [6.45, 7) is 2.73. The first-order valence-electron chi connectivity index (χ1n) is 8.86. The summed E-state index contributed by atoms with van der Waals surface area (Å²) in [5, 5.41) is 19.0. The molecule has 1 aliphatic heterocycles. The summed E-state index contributed by atoms with van der Waals surface area (Å²) in [7, 11) is -3.02. The molecule has 0 unspecified atom stereocenters. The number of para-hydroxylation sites is 1. The third kappa shape index (κ3) is 3.95. The van der Waals surface area contributed by atoms with Crippen molar-refractivity contribution in [2.45, 2.75) is 39.2 Å². The van der Waals surface area contributed by atoms with Crippen LogP contribution in [0, 0.1) is 5.92 Å². The van der Waals surface area contributed by atoms with Gasteiger partial charge in [0, 0.05) is 18.4 Å². The normalized spacial score (nSPS) is 19.5. The molecule has 1 aliphatic rings. The van der Waals surface area contributed by atoms with Crippen molar-refractivity contribution in [3.8, 4) is 5.88 Å².